The number of para-hydroxylation sites is 1. The fourth-order valence-corrected chi connectivity index (χ4v) is 4.15. The molecular formula is C25H22N2O6. The Hall–Kier alpha value is -4.33. The van der Waals surface area contributed by atoms with Crippen LogP contribution in [0.1, 0.15) is 18.1 Å². The minimum Gasteiger partial charge on any atom is -0.458 e. The number of amides is 1. The van der Waals surface area contributed by atoms with E-state index < -0.39 is 23.3 Å². The molecule has 0 saturated carbocycles. The minimum atomic E-state index is -1.89. The molecule has 2 aliphatic rings. The van der Waals surface area contributed by atoms with Crippen molar-refractivity contribution in [3.63, 3.8) is 0 Å². The van der Waals surface area contributed by atoms with Gasteiger partial charge in [-0.25, -0.2) is 9.59 Å². The SMILES string of the molecule is C=CCOC(=O)C1=C(N)OC(C)=C(C(=O)OCc2ccccc2)[C@@]12C(=O)Nc1ccccc12. The van der Waals surface area contributed by atoms with Gasteiger partial charge >= 0.3 is 11.9 Å². The number of anilines is 1. The van der Waals surface area contributed by atoms with E-state index in [0.29, 0.717) is 11.3 Å². The van der Waals surface area contributed by atoms with Gasteiger partial charge in [-0.2, -0.15) is 0 Å². The number of hydrogen-bond donors (Lipinski definition) is 2. The van der Waals surface area contributed by atoms with Gasteiger partial charge < -0.3 is 25.3 Å². The molecule has 33 heavy (non-hydrogen) atoms. The molecule has 2 aromatic rings. The molecule has 8 heteroatoms. The maximum Gasteiger partial charge on any atom is 0.341 e. The summed E-state index contributed by atoms with van der Waals surface area (Å²) in [6.45, 7) is 4.86. The van der Waals surface area contributed by atoms with E-state index in [2.05, 4.69) is 11.9 Å². The highest BCUT2D eigenvalue weighted by atomic mass is 16.5. The second-order valence-electron chi connectivity index (χ2n) is 7.47. The van der Waals surface area contributed by atoms with Gasteiger partial charge in [-0.3, -0.25) is 4.79 Å². The number of esters is 2. The van der Waals surface area contributed by atoms with Crippen LogP contribution in [0, 0.1) is 0 Å². The number of rotatable bonds is 6. The third-order valence-electron chi connectivity index (χ3n) is 5.48. The molecule has 2 aromatic carbocycles. The first kappa shape index (κ1) is 21.9. The van der Waals surface area contributed by atoms with E-state index >= 15 is 0 Å². The normalized spacial score (nSPS) is 19.0. The highest BCUT2D eigenvalue weighted by molar-refractivity contribution is 6.21. The molecule has 3 N–H and O–H groups in total. The van der Waals surface area contributed by atoms with E-state index in [1.54, 1.807) is 36.4 Å². The van der Waals surface area contributed by atoms with Gasteiger partial charge in [0.05, 0.1) is 0 Å². The van der Waals surface area contributed by atoms with Gasteiger partial charge in [-0.05, 0) is 18.6 Å². The summed E-state index contributed by atoms with van der Waals surface area (Å²) in [5.74, 6) is -2.62. The summed E-state index contributed by atoms with van der Waals surface area (Å²) in [7, 11) is 0. The summed E-state index contributed by atoms with van der Waals surface area (Å²) in [6, 6.07) is 15.8. The lowest BCUT2D eigenvalue weighted by Crippen LogP contribution is -2.48. The first-order valence-corrected chi connectivity index (χ1v) is 10.2. The van der Waals surface area contributed by atoms with Crippen LogP contribution in [-0.4, -0.2) is 24.5 Å². The molecule has 0 aromatic heterocycles. The molecule has 0 aliphatic carbocycles. The highest BCUT2D eigenvalue weighted by Gasteiger charge is 2.61. The van der Waals surface area contributed by atoms with Crippen molar-refractivity contribution in [2.24, 2.45) is 5.73 Å². The maximum absolute atomic E-state index is 13.6. The zero-order valence-corrected chi connectivity index (χ0v) is 17.9. The van der Waals surface area contributed by atoms with Crippen LogP contribution in [0.15, 0.2) is 90.0 Å². The largest absolute Gasteiger partial charge is 0.458 e. The van der Waals surface area contributed by atoms with Crippen LogP contribution in [0.25, 0.3) is 0 Å². The quantitative estimate of drug-likeness (QED) is 0.518. The Morgan fingerprint density at radius 3 is 2.45 bits per heavy atom. The average molecular weight is 446 g/mol. The smallest absolute Gasteiger partial charge is 0.341 e. The Bertz CT molecular complexity index is 1210. The monoisotopic (exact) mass is 446 g/mol. The Labute approximate surface area is 190 Å². The highest BCUT2D eigenvalue weighted by Crippen LogP contribution is 2.52. The molecule has 1 amide bonds. The van der Waals surface area contributed by atoms with Crippen molar-refractivity contribution < 1.29 is 28.6 Å². The molecular weight excluding hydrogens is 424 g/mol. The fourth-order valence-electron chi connectivity index (χ4n) is 4.15. The van der Waals surface area contributed by atoms with E-state index in [0.717, 1.165) is 5.56 Å². The lowest BCUT2D eigenvalue weighted by Gasteiger charge is -2.35. The van der Waals surface area contributed by atoms with Crippen LogP contribution < -0.4 is 11.1 Å². The molecule has 168 valence electrons. The molecule has 0 fully saturated rings. The molecule has 0 radical (unpaired) electrons. The van der Waals surface area contributed by atoms with E-state index in [1.807, 2.05) is 18.2 Å². The number of fused-ring (bicyclic) bond motifs is 2. The number of hydrogen-bond acceptors (Lipinski definition) is 7. The van der Waals surface area contributed by atoms with E-state index in [1.165, 1.54) is 13.0 Å². The summed E-state index contributed by atoms with van der Waals surface area (Å²) in [4.78, 5) is 40.1. The second kappa shape index (κ2) is 8.66. The number of carbonyl (C=O) groups excluding carboxylic acids is 3. The summed E-state index contributed by atoms with van der Waals surface area (Å²) < 4.78 is 16.3. The topological polar surface area (TPSA) is 117 Å². The lowest BCUT2D eigenvalue weighted by molar-refractivity contribution is -0.144. The fraction of sp³-hybridized carbons (Fsp3) is 0.160. The predicted molar refractivity (Wildman–Crippen MR) is 119 cm³/mol. The van der Waals surface area contributed by atoms with Crippen molar-refractivity contribution in [1.82, 2.24) is 0 Å². The maximum atomic E-state index is 13.6. The zero-order chi connectivity index (χ0) is 23.6. The molecule has 1 spiro atoms. The van der Waals surface area contributed by atoms with Crippen LogP contribution >= 0.6 is 0 Å². The summed E-state index contributed by atoms with van der Waals surface area (Å²) in [5.41, 5.74) is 5.35. The molecule has 0 bridgehead atoms. The summed E-state index contributed by atoms with van der Waals surface area (Å²) in [6.07, 6.45) is 1.38. The number of nitrogens with two attached hydrogens (primary N) is 1. The van der Waals surface area contributed by atoms with Crippen molar-refractivity contribution in [1.29, 1.82) is 0 Å². The molecule has 4 rings (SSSR count). The van der Waals surface area contributed by atoms with Gasteiger partial charge in [0, 0.05) is 11.3 Å². The first-order chi connectivity index (χ1) is 15.9. The van der Waals surface area contributed by atoms with Crippen molar-refractivity contribution in [2.45, 2.75) is 18.9 Å². The lowest BCUT2D eigenvalue weighted by atomic mass is 9.67. The molecule has 8 nitrogen and oxygen atoms in total. The molecule has 0 unspecified atom stereocenters. The molecule has 2 aliphatic heterocycles. The Balaban J connectivity index is 1.85. The van der Waals surface area contributed by atoms with Gasteiger partial charge in [0.15, 0.2) is 0 Å². The van der Waals surface area contributed by atoms with Gasteiger partial charge in [0.1, 0.15) is 35.5 Å². The Kier molecular flexibility index (Phi) is 5.74. The Morgan fingerprint density at radius 1 is 1.06 bits per heavy atom. The van der Waals surface area contributed by atoms with Crippen molar-refractivity contribution in [3.05, 3.63) is 101 Å². The average Bonchev–Trinajstić information content (AvgIpc) is 3.08. The molecule has 0 saturated heterocycles. The van der Waals surface area contributed by atoms with Crippen LogP contribution in [0.3, 0.4) is 0 Å². The van der Waals surface area contributed by atoms with Crippen molar-refractivity contribution >= 4 is 23.5 Å². The van der Waals surface area contributed by atoms with Crippen LogP contribution in [0.2, 0.25) is 0 Å². The third-order valence-corrected chi connectivity index (χ3v) is 5.48. The van der Waals surface area contributed by atoms with Gasteiger partial charge in [-0.1, -0.05) is 61.2 Å². The van der Waals surface area contributed by atoms with Crippen molar-refractivity contribution in [2.75, 3.05) is 11.9 Å². The predicted octanol–water partition coefficient (Wildman–Crippen LogP) is 2.82. The number of nitrogens with one attached hydrogen (secondary N) is 1. The van der Waals surface area contributed by atoms with E-state index in [-0.39, 0.29) is 36.0 Å². The third kappa shape index (κ3) is 3.55. The minimum absolute atomic E-state index is 0.0365. The van der Waals surface area contributed by atoms with Gasteiger partial charge in [-0.15, -0.1) is 0 Å². The summed E-state index contributed by atoms with van der Waals surface area (Å²) >= 11 is 0. The number of allylic oxidation sites excluding steroid dienone is 1. The molecule has 2 heterocycles. The van der Waals surface area contributed by atoms with Gasteiger partial charge in [0.2, 0.25) is 11.8 Å². The van der Waals surface area contributed by atoms with Crippen LogP contribution in [-0.2, 0) is 40.6 Å². The standard InChI is InChI=1S/C25H22N2O6/c1-3-13-31-23(29)20-21(26)33-15(2)19(22(28)32-14-16-9-5-4-6-10-16)25(20)17-11-7-8-12-18(17)27-24(25)30/h3-12H,1,13-14,26H2,2H3,(H,27,30)/t25-/m1/s1. The zero-order valence-electron chi connectivity index (χ0n) is 17.9. The number of carbonyl (C=O) groups is 3. The number of ether oxygens (including phenoxy) is 3. The van der Waals surface area contributed by atoms with Crippen LogP contribution in [0.5, 0.6) is 0 Å². The molecule has 1 atom stereocenters. The first-order valence-electron chi connectivity index (χ1n) is 10.2. The van der Waals surface area contributed by atoms with Gasteiger partial charge in [0.25, 0.3) is 0 Å². The van der Waals surface area contributed by atoms with Crippen LogP contribution in [0.4, 0.5) is 5.69 Å². The number of benzene rings is 2. The van der Waals surface area contributed by atoms with Crippen molar-refractivity contribution in [3.8, 4) is 0 Å². The summed E-state index contributed by atoms with van der Waals surface area (Å²) in [5, 5.41) is 2.74. The van der Waals surface area contributed by atoms with E-state index in [9.17, 15) is 14.4 Å². The van der Waals surface area contributed by atoms with E-state index in [4.69, 9.17) is 19.9 Å². The Morgan fingerprint density at radius 2 is 1.73 bits per heavy atom. The second-order valence-corrected chi connectivity index (χ2v) is 7.47.